The molecule has 30 heavy (non-hydrogen) atoms. The van der Waals surface area contributed by atoms with Gasteiger partial charge in [-0.2, -0.15) is 0 Å². The van der Waals surface area contributed by atoms with Crippen molar-refractivity contribution < 1.29 is 9.72 Å². The molecule has 0 bridgehead atoms. The maximum Gasteiger partial charge on any atom is 0.355 e. The number of carbonyl (C=O) groups is 1. The number of aromatic nitrogens is 3. The quantitative estimate of drug-likeness (QED) is 0.300. The fraction of sp³-hybridized carbons (Fsp3) is 0. The van der Waals surface area contributed by atoms with Gasteiger partial charge in [-0.15, -0.1) is 0 Å². The minimum absolute atomic E-state index is 0.0615. The van der Waals surface area contributed by atoms with Gasteiger partial charge in [-0.25, -0.2) is 15.0 Å². The van der Waals surface area contributed by atoms with E-state index in [-0.39, 0.29) is 17.2 Å². The van der Waals surface area contributed by atoms with Gasteiger partial charge in [0, 0.05) is 10.6 Å². The first-order chi connectivity index (χ1) is 14.5. The minimum Gasteiger partial charge on any atom is -0.310 e. The fourth-order valence-electron chi connectivity index (χ4n) is 2.58. The summed E-state index contributed by atoms with van der Waals surface area (Å²) in [6.45, 7) is 0. The molecule has 0 aliphatic rings. The summed E-state index contributed by atoms with van der Waals surface area (Å²) in [5, 5.41) is 15.3. The van der Waals surface area contributed by atoms with Crippen molar-refractivity contribution >= 4 is 61.5 Å². The average Bonchev–Trinajstić information content (AvgIpc) is 3.14. The second kappa shape index (κ2) is 8.27. The molecular weight excluding hydrogens is 430 g/mol. The van der Waals surface area contributed by atoms with Crippen molar-refractivity contribution in [2.45, 2.75) is 0 Å². The molecule has 2 heterocycles. The van der Waals surface area contributed by atoms with E-state index in [1.54, 1.807) is 18.2 Å². The molecule has 4 rings (SSSR count). The predicted octanol–water partition coefficient (Wildman–Crippen LogP) is 4.15. The van der Waals surface area contributed by atoms with Crippen molar-refractivity contribution in [1.82, 2.24) is 20.4 Å². The fourth-order valence-corrected chi connectivity index (χ4v) is 3.63. The van der Waals surface area contributed by atoms with E-state index in [0.29, 0.717) is 10.2 Å². The van der Waals surface area contributed by atoms with Crippen molar-refractivity contribution in [2.75, 3.05) is 10.7 Å². The molecule has 0 spiro atoms. The standard InChI is InChI=1S/C18H12ClN7O3S/c19-11-5-3-4-10(8-11)17(27)25-24-16-14(26(28)29)15(20-9-21-16)23-18-22-12-6-1-2-7-13(12)30-18/h1-9H,(H,25,27)(H2,20,21,22,23,24). The summed E-state index contributed by atoms with van der Waals surface area (Å²) in [7, 11) is 0. The van der Waals surface area contributed by atoms with Crippen LogP contribution in [0.2, 0.25) is 5.02 Å². The zero-order chi connectivity index (χ0) is 21.1. The number of carbonyl (C=O) groups excluding carboxylic acids is 1. The Morgan fingerprint density at radius 3 is 2.67 bits per heavy atom. The highest BCUT2D eigenvalue weighted by atomic mass is 35.5. The van der Waals surface area contributed by atoms with Crippen LogP contribution in [0.15, 0.2) is 54.9 Å². The molecule has 150 valence electrons. The molecule has 0 saturated carbocycles. The van der Waals surface area contributed by atoms with Gasteiger partial charge in [0.25, 0.3) is 5.91 Å². The zero-order valence-electron chi connectivity index (χ0n) is 15.0. The number of hydrogen-bond donors (Lipinski definition) is 3. The normalized spacial score (nSPS) is 10.6. The maximum atomic E-state index is 12.3. The highest BCUT2D eigenvalue weighted by Gasteiger charge is 2.24. The van der Waals surface area contributed by atoms with E-state index >= 15 is 0 Å². The van der Waals surface area contributed by atoms with Crippen molar-refractivity contribution in [3.05, 3.63) is 75.6 Å². The average molecular weight is 442 g/mol. The van der Waals surface area contributed by atoms with Crippen molar-refractivity contribution in [1.29, 1.82) is 0 Å². The number of rotatable bonds is 6. The number of hydrazine groups is 1. The van der Waals surface area contributed by atoms with Gasteiger partial charge in [-0.05, 0) is 30.3 Å². The largest absolute Gasteiger partial charge is 0.355 e. The smallest absolute Gasteiger partial charge is 0.310 e. The zero-order valence-corrected chi connectivity index (χ0v) is 16.6. The maximum absolute atomic E-state index is 12.3. The number of amides is 1. The van der Waals surface area contributed by atoms with Crippen LogP contribution in [-0.4, -0.2) is 25.8 Å². The van der Waals surface area contributed by atoms with E-state index in [1.165, 1.54) is 17.4 Å². The number of nitrogens with zero attached hydrogens (tertiary/aromatic N) is 4. The lowest BCUT2D eigenvalue weighted by atomic mass is 10.2. The Morgan fingerprint density at radius 2 is 1.90 bits per heavy atom. The third-order valence-corrected chi connectivity index (χ3v) is 5.09. The van der Waals surface area contributed by atoms with E-state index in [9.17, 15) is 14.9 Å². The second-order valence-corrected chi connectivity index (χ2v) is 7.34. The summed E-state index contributed by atoms with van der Waals surface area (Å²) >= 11 is 7.20. The number of anilines is 3. The summed E-state index contributed by atoms with van der Waals surface area (Å²) in [5.41, 5.74) is 5.43. The van der Waals surface area contributed by atoms with Crippen molar-refractivity contribution in [3.8, 4) is 0 Å². The molecule has 4 aromatic rings. The van der Waals surface area contributed by atoms with Crippen LogP contribution in [0.3, 0.4) is 0 Å². The Balaban J connectivity index is 1.58. The molecule has 3 N–H and O–H groups in total. The van der Waals surface area contributed by atoms with E-state index in [2.05, 4.69) is 31.1 Å². The first-order valence-corrected chi connectivity index (χ1v) is 9.64. The first kappa shape index (κ1) is 19.5. The SMILES string of the molecule is O=C(NNc1ncnc(Nc2nc3ccccc3s2)c1[N+](=O)[O-])c1cccc(Cl)c1. The Labute approximate surface area is 178 Å². The van der Waals surface area contributed by atoms with Crippen LogP contribution in [0, 0.1) is 10.1 Å². The van der Waals surface area contributed by atoms with Gasteiger partial charge in [0.2, 0.25) is 11.6 Å². The number of fused-ring (bicyclic) bond motifs is 1. The number of nitrogens with one attached hydrogen (secondary N) is 3. The number of halogens is 1. The Kier molecular flexibility index (Phi) is 5.37. The van der Waals surface area contributed by atoms with Crippen LogP contribution in [-0.2, 0) is 0 Å². The van der Waals surface area contributed by atoms with E-state index in [4.69, 9.17) is 11.6 Å². The van der Waals surface area contributed by atoms with Crippen LogP contribution < -0.4 is 16.2 Å². The molecule has 0 aliphatic heterocycles. The summed E-state index contributed by atoms with van der Waals surface area (Å²) in [6, 6.07) is 13.7. The number of hydrogen-bond acceptors (Lipinski definition) is 9. The highest BCUT2D eigenvalue weighted by molar-refractivity contribution is 7.22. The van der Waals surface area contributed by atoms with E-state index < -0.39 is 16.5 Å². The van der Waals surface area contributed by atoms with Gasteiger partial charge in [-0.1, -0.05) is 41.1 Å². The summed E-state index contributed by atoms with van der Waals surface area (Å²) in [5.74, 6) is -0.784. The molecule has 1 amide bonds. The highest BCUT2D eigenvalue weighted by Crippen LogP contribution is 2.33. The van der Waals surface area contributed by atoms with Crippen LogP contribution >= 0.6 is 22.9 Å². The summed E-state index contributed by atoms with van der Waals surface area (Å²) < 4.78 is 0.920. The molecule has 0 unspecified atom stereocenters. The Morgan fingerprint density at radius 1 is 1.10 bits per heavy atom. The monoisotopic (exact) mass is 441 g/mol. The van der Waals surface area contributed by atoms with Crippen molar-refractivity contribution in [3.63, 3.8) is 0 Å². The molecule has 0 radical (unpaired) electrons. The van der Waals surface area contributed by atoms with Crippen LogP contribution in [0.1, 0.15) is 10.4 Å². The van der Waals surface area contributed by atoms with Crippen LogP contribution in [0.5, 0.6) is 0 Å². The second-order valence-electron chi connectivity index (χ2n) is 5.88. The molecular formula is C18H12ClN7O3S. The topological polar surface area (TPSA) is 135 Å². The van der Waals surface area contributed by atoms with Crippen LogP contribution in [0.25, 0.3) is 10.2 Å². The lowest BCUT2D eigenvalue weighted by Crippen LogP contribution is -2.30. The van der Waals surface area contributed by atoms with Gasteiger partial charge < -0.3 is 5.32 Å². The van der Waals surface area contributed by atoms with E-state index in [1.807, 2.05) is 24.3 Å². The first-order valence-electron chi connectivity index (χ1n) is 8.45. The molecule has 2 aromatic heterocycles. The van der Waals surface area contributed by atoms with E-state index in [0.717, 1.165) is 16.5 Å². The minimum atomic E-state index is -0.649. The molecule has 10 nitrogen and oxygen atoms in total. The number of para-hydroxylation sites is 1. The van der Waals surface area contributed by atoms with Crippen molar-refractivity contribution in [2.24, 2.45) is 0 Å². The number of thiazole rings is 1. The third kappa shape index (κ3) is 4.11. The van der Waals surface area contributed by atoms with Gasteiger partial charge in [0.05, 0.1) is 15.1 Å². The Hall–Kier alpha value is -3.83. The molecule has 0 atom stereocenters. The lowest BCUT2D eigenvalue weighted by Gasteiger charge is -2.10. The lowest BCUT2D eigenvalue weighted by molar-refractivity contribution is -0.383. The summed E-state index contributed by atoms with van der Waals surface area (Å²) in [4.78, 5) is 35.5. The molecule has 2 aromatic carbocycles. The number of nitro groups is 1. The molecule has 0 fully saturated rings. The number of benzene rings is 2. The summed E-state index contributed by atoms with van der Waals surface area (Å²) in [6.07, 6.45) is 1.14. The molecule has 0 saturated heterocycles. The molecule has 12 heteroatoms. The predicted molar refractivity (Wildman–Crippen MR) is 114 cm³/mol. The van der Waals surface area contributed by atoms with Crippen LogP contribution in [0.4, 0.5) is 22.5 Å². The van der Waals surface area contributed by atoms with Gasteiger partial charge in [0.1, 0.15) is 6.33 Å². The van der Waals surface area contributed by atoms with Gasteiger partial charge in [-0.3, -0.25) is 25.8 Å². The van der Waals surface area contributed by atoms with Gasteiger partial charge >= 0.3 is 5.69 Å². The Bertz CT molecular complexity index is 1230. The van der Waals surface area contributed by atoms with Gasteiger partial charge in [0.15, 0.2) is 5.13 Å². The third-order valence-electron chi connectivity index (χ3n) is 3.91. The molecule has 0 aliphatic carbocycles.